The Bertz CT molecular complexity index is 920. The summed E-state index contributed by atoms with van der Waals surface area (Å²) in [5, 5.41) is 0.432. The average Bonchev–Trinajstić information content (AvgIpc) is 3.12. The van der Waals surface area contributed by atoms with E-state index in [2.05, 4.69) is 4.98 Å². The fourth-order valence-corrected chi connectivity index (χ4v) is 4.60. The van der Waals surface area contributed by atoms with Gasteiger partial charge >= 0.3 is 0 Å². The van der Waals surface area contributed by atoms with Crippen LogP contribution in [0.15, 0.2) is 35.4 Å². The van der Waals surface area contributed by atoms with Gasteiger partial charge in [0.2, 0.25) is 11.8 Å². The summed E-state index contributed by atoms with van der Waals surface area (Å²) >= 11 is 1.21. The molecule has 1 saturated heterocycles. The van der Waals surface area contributed by atoms with E-state index in [9.17, 15) is 18.0 Å². The number of sulfone groups is 1. The minimum atomic E-state index is -3.39. The molecule has 1 aromatic carbocycles. The van der Waals surface area contributed by atoms with E-state index in [4.69, 9.17) is 5.73 Å². The highest BCUT2D eigenvalue weighted by Gasteiger charge is 2.37. The molecule has 24 heavy (non-hydrogen) atoms. The van der Waals surface area contributed by atoms with Crippen molar-refractivity contribution < 1.29 is 18.0 Å². The second-order valence-corrected chi connectivity index (χ2v) is 8.50. The lowest BCUT2D eigenvalue weighted by Gasteiger charge is -2.11. The summed E-state index contributed by atoms with van der Waals surface area (Å²) in [4.78, 5) is 30.0. The standard InChI is InChI=1S/C15H15N3O4S2/c1-24(21,22)12-5-3-2-4-9(12)11-8-17-15(23-11)18-7-6-10(13(16)19)14(18)20/h2-5,8,10H,6-7H2,1H3,(H2,16,19)/t10-/m0/s1. The molecule has 3 rings (SSSR count). The number of amides is 2. The van der Waals surface area contributed by atoms with Gasteiger partial charge in [0.1, 0.15) is 5.92 Å². The van der Waals surface area contributed by atoms with Gasteiger partial charge in [0.05, 0.1) is 9.77 Å². The van der Waals surface area contributed by atoms with Crippen molar-refractivity contribution in [2.75, 3.05) is 17.7 Å². The third-order valence-electron chi connectivity index (χ3n) is 3.83. The Morgan fingerprint density at radius 1 is 1.38 bits per heavy atom. The van der Waals surface area contributed by atoms with Crippen LogP contribution in [-0.2, 0) is 19.4 Å². The van der Waals surface area contributed by atoms with Crippen LogP contribution in [-0.4, -0.2) is 38.0 Å². The third kappa shape index (κ3) is 2.92. The highest BCUT2D eigenvalue weighted by Crippen LogP contribution is 2.36. The molecular formula is C15H15N3O4S2. The lowest BCUT2D eigenvalue weighted by atomic mass is 10.1. The van der Waals surface area contributed by atoms with Gasteiger partial charge in [-0.1, -0.05) is 29.5 Å². The van der Waals surface area contributed by atoms with Crippen molar-refractivity contribution in [1.82, 2.24) is 4.98 Å². The lowest BCUT2D eigenvalue weighted by Crippen LogP contribution is -2.33. The van der Waals surface area contributed by atoms with Crippen LogP contribution in [0.1, 0.15) is 6.42 Å². The first-order valence-electron chi connectivity index (χ1n) is 7.15. The molecule has 2 heterocycles. The monoisotopic (exact) mass is 365 g/mol. The molecule has 0 aliphatic carbocycles. The summed E-state index contributed by atoms with van der Waals surface area (Å²) < 4.78 is 23.9. The summed E-state index contributed by atoms with van der Waals surface area (Å²) in [5.74, 6) is -1.82. The molecule has 7 nitrogen and oxygen atoms in total. The van der Waals surface area contributed by atoms with Crippen molar-refractivity contribution in [3.63, 3.8) is 0 Å². The maximum Gasteiger partial charge on any atom is 0.241 e. The van der Waals surface area contributed by atoms with Crippen LogP contribution in [0, 0.1) is 5.92 Å². The number of thiazole rings is 1. The maximum atomic E-state index is 12.2. The van der Waals surface area contributed by atoms with Crippen LogP contribution < -0.4 is 10.6 Å². The van der Waals surface area contributed by atoms with E-state index in [1.54, 1.807) is 18.2 Å². The van der Waals surface area contributed by atoms with Crippen molar-refractivity contribution in [1.29, 1.82) is 0 Å². The Morgan fingerprint density at radius 2 is 2.08 bits per heavy atom. The normalized spacial score (nSPS) is 18.1. The Balaban J connectivity index is 1.96. The summed E-state index contributed by atoms with van der Waals surface area (Å²) in [5.41, 5.74) is 5.77. The van der Waals surface area contributed by atoms with Crippen molar-refractivity contribution in [2.45, 2.75) is 11.3 Å². The number of rotatable bonds is 4. The SMILES string of the molecule is CS(=O)(=O)c1ccccc1-c1cnc(N2CC[C@@H](C(N)=O)C2=O)s1. The van der Waals surface area contributed by atoms with Crippen LogP contribution in [0.3, 0.4) is 0 Å². The van der Waals surface area contributed by atoms with Gasteiger partial charge in [-0.2, -0.15) is 0 Å². The molecule has 0 radical (unpaired) electrons. The number of hydrogen-bond acceptors (Lipinski definition) is 6. The molecule has 1 fully saturated rings. The van der Waals surface area contributed by atoms with Crippen molar-refractivity contribution in [3.05, 3.63) is 30.5 Å². The number of nitrogens with zero attached hydrogens (tertiary/aromatic N) is 2. The van der Waals surface area contributed by atoms with Crippen LogP contribution >= 0.6 is 11.3 Å². The Hall–Kier alpha value is -2.26. The number of benzene rings is 1. The van der Waals surface area contributed by atoms with Gasteiger partial charge in [-0.25, -0.2) is 13.4 Å². The molecule has 1 aliphatic rings. The van der Waals surface area contributed by atoms with Gasteiger partial charge in [0, 0.05) is 24.6 Å². The van der Waals surface area contributed by atoms with Gasteiger partial charge in [-0.15, -0.1) is 0 Å². The summed E-state index contributed by atoms with van der Waals surface area (Å²) in [7, 11) is -3.39. The van der Waals surface area contributed by atoms with Crippen molar-refractivity contribution >= 4 is 38.1 Å². The van der Waals surface area contributed by atoms with Gasteiger partial charge in [-0.05, 0) is 12.5 Å². The number of anilines is 1. The van der Waals surface area contributed by atoms with E-state index in [0.29, 0.717) is 28.5 Å². The first-order chi connectivity index (χ1) is 11.3. The van der Waals surface area contributed by atoms with Crippen LogP contribution in [0.5, 0.6) is 0 Å². The van der Waals surface area contributed by atoms with E-state index in [1.807, 2.05) is 0 Å². The summed E-state index contributed by atoms with van der Waals surface area (Å²) in [6.07, 6.45) is 3.05. The highest BCUT2D eigenvalue weighted by atomic mass is 32.2. The molecule has 1 atom stereocenters. The number of primary amides is 1. The molecule has 1 aromatic heterocycles. The lowest BCUT2D eigenvalue weighted by molar-refractivity contribution is -0.130. The number of carbonyl (C=O) groups excluding carboxylic acids is 2. The number of hydrogen-bond donors (Lipinski definition) is 1. The van der Waals surface area contributed by atoms with Gasteiger partial charge in [-0.3, -0.25) is 14.5 Å². The van der Waals surface area contributed by atoms with Crippen molar-refractivity contribution in [2.24, 2.45) is 11.7 Å². The largest absolute Gasteiger partial charge is 0.369 e. The minimum absolute atomic E-state index is 0.211. The van der Waals surface area contributed by atoms with Crippen molar-refractivity contribution in [3.8, 4) is 10.4 Å². The highest BCUT2D eigenvalue weighted by molar-refractivity contribution is 7.90. The molecule has 0 spiro atoms. The molecule has 9 heteroatoms. The molecule has 0 bridgehead atoms. The first kappa shape index (κ1) is 16.6. The molecule has 0 saturated carbocycles. The topological polar surface area (TPSA) is 110 Å². The van der Waals surface area contributed by atoms with Crippen LogP contribution in [0.4, 0.5) is 5.13 Å². The second-order valence-electron chi connectivity index (χ2n) is 5.51. The summed E-state index contributed by atoms with van der Waals surface area (Å²) in [6, 6.07) is 6.64. The number of nitrogens with two attached hydrogens (primary N) is 1. The first-order valence-corrected chi connectivity index (χ1v) is 9.86. The molecule has 1 aliphatic heterocycles. The predicted molar refractivity (Wildman–Crippen MR) is 90.3 cm³/mol. The number of carbonyl (C=O) groups is 2. The zero-order valence-electron chi connectivity index (χ0n) is 12.8. The van der Waals surface area contributed by atoms with E-state index < -0.39 is 21.7 Å². The average molecular weight is 365 g/mol. The Kier molecular flexibility index (Phi) is 4.14. The second kappa shape index (κ2) is 5.99. The molecule has 126 valence electrons. The fraction of sp³-hybridized carbons (Fsp3) is 0.267. The molecule has 2 amide bonds. The van der Waals surface area contributed by atoms with Crippen LogP contribution in [0.25, 0.3) is 10.4 Å². The molecular weight excluding hydrogens is 350 g/mol. The van der Waals surface area contributed by atoms with E-state index in [0.717, 1.165) is 6.26 Å². The van der Waals surface area contributed by atoms with Crippen LogP contribution in [0.2, 0.25) is 0 Å². The smallest absolute Gasteiger partial charge is 0.241 e. The van der Waals surface area contributed by atoms with Gasteiger partial charge in [0.25, 0.3) is 0 Å². The zero-order valence-corrected chi connectivity index (χ0v) is 14.4. The quantitative estimate of drug-likeness (QED) is 0.814. The Labute approximate surface area is 143 Å². The van der Waals surface area contributed by atoms with E-state index in [1.165, 1.54) is 28.5 Å². The zero-order chi connectivity index (χ0) is 17.5. The maximum absolute atomic E-state index is 12.2. The third-order valence-corrected chi connectivity index (χ3v) is 6.03. The fourth-order valence-electron chi connectivity index (χ4n) is 2.64. The van der Waals surface area contributed by atoms with Gasteiger partial charge < -0.3 is 5.73 Å². The number of aromatic nitrogens is 1. The van der Waals surface area contributed by atoms with E-state index in [-0.39, 0.29) is 10.8 Å². The molecule has 2 N–H and O–H groups in total. The predicted octanol–water partition coefficient (Wildman–Crippen LogP) is 1.05. The summed E-state index contributed by atoms with van der Waals surface area (Å²) in [6.45, 7) is 0.368. The van der Waals surface area contributed by atoms with Gasteiger partial charge in [0.15, 0.2) is 15.0 Å². The van der Waals surface area contributed by atoms with E-state index >= 15 is 0 Å². The molecule has 0 unspecified atom stereocenters. The Morgan fingerprint density at radius 3 is 2.71 bits per heavy atom. The minimum Gasteiger partial charge on any atom is -0.369 e. The molecule has 2 aromatic rings.